The van der Waals surface area contributed by atoms with Gasteiger partial charge in [0.1, 0.15) is 11.4 Å². The Kier molecular flexibility index (Phi) is 3.56. The summed E-state index contributed by atoms with van der Waals surface area (Å²) in [5.41, 5.74) is -0.0386. The average molecular weight is 326 g/mol. The molecule has 1 aliphatic carbocycles. The van der Waals surface area contributed by atoms with Crippen LogP contribution in [0.4, 0.5) is 0 Å². The third-order valence-electron chi connectivity index (χ3n) is 4.04. The number of allylic oxidation sites excluding steroid dienone is 1. The van der Waals surface area contributed by atoms with Gasteiger partial charge in [-0.05, 0) is 31.1 Å². The van der Waals surface area contributed by atoms with E-state index in [4.69, 9.17) is 5.11 Å². The first kappa shape index (κ1) is 15.7. The minimum atomic E-state index is -0.590. The Bertz CT molecular complexity index is 1040. The van der Waals surface area contributed by atoms with Crippen LogP contribution in [0.3, 0.4) is 0 Å². The SMILES string of the molecule is Cc1cc(=O)[nH]c2c1C(=O)c1c(C)cc(=O)n(C/C=C/O)c1C2=O. The van der Waals surface area contributed by atoms with Crippen LogP contribution in [-0.2, 0) is 6.54 Å². The summed E-state index contributed by atoms with van der Waals surface area (Å²) in [6.45, 7) is 3.11. The second-order valence-corrected chi connectivity index (χ2v) is 5.61. The number of rotatable bonds is 2. The molecule has 2 heterocycles. The molecule has 2 aromatic rings. The second kappa shape index (κ2) is 5.45. The summed E-state index contributed by atoms with van der Waals surface area (Å²) in [7, 11) is 0. The number of aliphatic hydroxyl groups is 1. The van der Waals surface area contributed by atoms with E-state index in [9.17, 15) is 19.2 Å². The van der Waals surface area contributed by atoms with E-state index >= 15 is 0 Å². The number of carbonyl (C=O) groups is 2. The van der Waals surface area contributed by atoms with Crippen molar-refractivity contribution < 1.29 is 14.7 Å². The van der Waals surface area contributed by atoms with Crippen molar-refractivity contribution in [2.24, 2.45) is 0 Å². The first-order chi connectivity index (χ1) is 11.4. The van der Waals surface area contributed by atoms with Crippen LogP contribution in [0.5, 0.6) is 0 Å². The van der Waals surface area contributed by atoms with Gasteiger partial charge in [0.15, 0.2) is 5.78 Å². The maximum absolute atomic E-state index is 12.9. The summed E-state index contributed by atoms with van der Waals surface area (Å²) in [6.07, 6.45) is 2.04. The second-order valence-electron chi connectivity index (χ2n) is 5.61. The van der Waals surface area contributed by atoms with Gasteiger partial charge in [0.2, 0.25) is 11.3 Å². The highest BCUT2D eigenvalue weighted by atomic mass is 16.2. The lowest BCUT2D eigenvalue weighted by atomic mass is 9.85. The van der Waals surface area contributed by atoms with Crippen molar-refractivity contribution in [1.82, 2.24) is 9.55 Å². The number of fused-ring (bicyclic) bond motifs is 2. The highest BCUT2D eigenvalue weighted by Crippen LogP contribution is 2.28. The van der Waals surface area contributed by atoms with Gasteiger partial charge < -0.3 is 14.7 Å². The van der Waals surface area contributed by atoms with Gasteiger partial charge in [-0.25, -0.2) is 0 Å². The van der Waals surface area contributed by atoms with E-state index in [1.54, 1.807) is 13.8 Å². The van der Waals surface area contributed by atoms with Crippen molar-refractivity contribution in [3.8, 4) is 0 Å². The molecule has 0 spiro atoms. The monoisotopic (exact) mass is 326 g/mol. The standard InChI is InChI=1S/C17H14N2O5/c1-8-6-10(21)18-14-12(8)16(23)13-9(2)7-11(22)19(4-3-5-20)15(13)17(14)24/h3,5-7,20H,4H2,1-2H3,(H,18,21)/b5-3+. The van der Waals surface area contributed by atoms with Gasteiger partial charge in [-0.3, -0.25) is 19.2 Å². The molecule has 7 nitrogen and oxygen atoms in total. The Morgan fingerprint density at radius 3 is 2.38 bits per heavy atom. The lowest BCUT2D eigenvalue weighted by molar-refractivity contribution is 0.0965. The average Bonchev–Trinajstić information content (AvgIpc) is 2.50. The molecule has 0 fully saturated rings. The van der Waals surface area contributed by atoms with Crippen molar-refractivity contribution in [3.05, 3.63) is 78.8 Å². The molecule has 0 radical (unpaired) electrons. The van der Waals surface area contributed by atoms with Crippen LogP contribution in [0, 0.1) is 13.8 Å². The zero-order valence-corrected chi connectivity index (χ0v) is 13.0. The van der Waals surface area contributed by atoms with Crippen molar-refractivity contribution >= 4 is 11.6 Å². The normalized spacial score (nSPS) is 13.2. The smallest absolute Gasteiger partial charge is 0.251 e. The molecule has 1 aliphatic rings. The highest BCUT2D eigenvalue weighted by Gasteiger charge is 2.35. The maximum atomic E-state index is 12.9. The molecule has 0 saturated heterocycles. The molecule has 0 bridgehead atoms. The summed E-state index contributed by atoms with van der Waals surface area (Å²) < 4.78 is 1.11. The number of aryl methyl sites for hydroxylation is 2. The van der Waals surface area contributed by atoms with Gasteiger partial charge >= 0.3 is 0 Å². The van der Waals surface area contributed by atoms with Gasteiger partial charge in [-0.2, -0.15) is 0 Å². The largest absolute Gasteiger partial charge is 0.516 e. The van der Waals surface area contributed by atoms with E-state index in [0.29, 0.717) is 11.1 Å². The lowest BCUT2D eigenvalue weighted by Crippen LogP contribution is -2.35. The number of hydrogen-bond donors (Lipinski definition) is 2. The first-order valence-corrected chi connectivity index (χ1v) is 7.23. The summed E-state index contributed by atoms with van der Waals surface area (Å²) >= 11 is 0. The molecule has 0 aromatic carbocycles. The van der Waals surface area contributed by atoms with E-state index < -0.39 is 22.7 Å². The molecule has 7 heteroatoms. The van der Waals surface area contributed by atoms with Crippen LogP contribution in [0.25, 0.3) is 0 Å². The summed E-state index contributed by atoms with van der Waals surface area (Å²) in [5.74, 6) is -1.000. The van der Waals surface area contributed by atoms with Gasteiger partial charge in [0.05, 0.1) is 17.4 Å². The molecule has 2 aromatic heterocycles. The zero-order chi connectivity index (χ0) is 17.6. The van der Waals surface area contributed by atoms with E-state index in [-0.39, 0.29) is 29.1 Å². The molecule has 0 unspecified atom stereocenters. The number of H-pyrrole nitrogens is 1. The fourth-order valence-electron chi connectivity index (χ4n) is 3.02. The molecule has 0 aliphatic heterocycles. The topological polar surface area (TPSA) is 109 Å². The fraction of sp³-hybridized carbons (Fsp3) is 0.176. The fourth-order valence-corrected chi connectivity index (χ4v) is 3.02. The minimum Gasteiger partial charge on any atom is -0.516 e. The minimum absolute atomic E-state index is 0.0671. The number of aromatic nitrogens is 2. The number of ketones is 2. The van der Waals surface area contributed by atoms with Crippen LogP contribution in [0.2, 0.25) is 0 Å². The third-order valence-corrected chi connectivity index (χ3v) is 4.04. The van der Waals surface area contributed by atoms with Crippen molar-refractivity contribution in [1.29, 1.82) is 0 Å². The van der Waals surface area contributed by atoms with Crippen LogP contribution >= 0.6 is 0 Å². The van der Waals surface area contributed by atoms with E-state index in [1.165, 1.54) is 18.2 Å². The van der Waals surface area contributed by atoms with Crippen LogP contribution in [-0.4, -0.2) is 26.2 Å². The first-order valence-electron chi connectivity index (χ1n) is 7.23. The molecule has 0 saturated carbocycles. The molecule has 0 amide bonds. The predicted molar refractivity (Wildman–Crippen MR) is 85.9 cm³/mol. The van der Waals surface area contributed by atoms with E-state index in [1.807, 2.05) is 0 Å². The van der Waals surface area contributed by atoms with Gasteiger partial charge in [0, 0.05) is 18.7 Å². The van der Waals surface area contributed by atoms with E-state index in [2.05, 4.69) is 4.98 Å². The Balaban J connectivity index is 2.42. The number of hydrogen-bond acceptors (Lipinski definition) is 5. The van der Waals surface area contributed by atoms with Crippen molar-refractivity contribution in [2.75, 3.05) is 0 Å². The van der Waals surface area contributed by atoms with Crippen LogP contribution in [0.1, 0.15) is 43.2 Å². The Hall–Kier alpha value is -3.22. The Morgan fingerprint density at radius 2 is 1.71 bits per heavy atom. The van der Waals surface area contributed by atoms with Crippen LogP contribution in [0.15, 0.2) is 34.1 Å². The molecule has 3 rings (SSSR count). The predicted octanol–water partition coefficient (Wildman–Crippen LogP) is 1.00. The maximum Gasteiger partial charge on any atom is 0.251 e. The molecule has 0 atom stereocenters. The third kappa shape index (κ3) is 2.13. The number of carbonyl (C=O) groups excluding carboxylic acids is 2. The van der Waals surface area contributed by atoms with Gasteiger partial charge in [-0.1, -0.05) is 0 Å². The molecule has 2 N–H and O–H groups in total. The molecule has 122 valence electrons. The number of pyridine rings is 2. The van der Waals surface area contributed by atoms with Crippen LogP contribution < -0.4 is 11.1 Å². The zero-order valence-electron chi connectivity index (χ0n) is 13.0. The van der Waals surface area contributed by atoms with Gasteiger partial charge in [-0.15, -0.1) is 0 Å². The molecule has 24 heavy (non-hydrogen) atoms. The quantitative estimate of drug-likeness (QED) is 0.683. The lowest BCUT2D eigenvalue weighted by Gasteiger charge is -2.23. The number of aromatic amines is 1. The highest BCUT2D eigenvalue weighted by molar-refractivity contribution is 6.27. The Morgan fingerprint density at radius 1 is 1.04 bits per heavy atom. The van der Waals surface area contributed by atoms with E-state index in [0.717, 1.165) is 10.8 Å². The summed E-state index contributed by atoms with van der Waals surface area (Å²) in [5, 5.41) is 8.83. The summed E-state index contributed by atoms with van der Waals surface area (Å²) in [4.78, 5) is 52.1. The Labute approximate surface area is 135 Å². The van der Waals surface area contributed by atoms with Gasteiger partial charge in [0.25, 0.3) is 5.56 Å². The molecular formula is C17H14N2O5. The van der Waals surface area contributed by atoms with Crippen molar-refractivity contribution in [2.45, 2.75) is 20.4 Å². The number of nitrogens with one attached hydrogen (secondary N) is 1. The molecular weight excluding hydrogens is 312 g/mol. The number of aliphatic hydroxyl groups excluding tert-OH is 1. The summed E-state index contributed by atoms with van der Waals surface area (Å²) in [6, 6.07) is 2.54. The van der Waals surface area contributed by atoms with Crippen molar-refractivity contribution in [3.63, 3.8) is 0 Å². The number of nitrogens with zero attached hydrogens (tertiary/aromatic N) is 1.